The molecule has 3 rings (SSSR count). The monoisotopic (exact) mass is 478 g/mol. The summed E-state index contributed by atoms with van der Waals surface area (Å²) in [4.78, 5) is 27.2. The highest BCUT2D eigenvalue weighted by atomic mass is 35.5. The number of nitrogens with one attached hydrogen (secondary N) is 2. The average Bonchev–Trinajstić information content (AvgIpc) is 3.00. The molecule has 0 saturated carbocycles. The van der Waals surface area contributed by atoms with Crippen molar-refractivity contribution in [2.45, 2.75) is 71.6 Å². The molecule has 1 aromatic carbocycles. The van der Waals surface area contributed by atoms with Crippen molar-refractivity contribution in [3.63, 3.8) is 0 Å². The van der Waals surface area contributed by atoms with Gasteiger partial charge in [-0.15, -0.1) is 11.3 Å². The molecule has 0 bridgehead atoms. The molecule has 0 fully saturated rings. The first-order chi connectivity index (χ1) is 14.8. The van der Waals surface area contributed by atoms with E-state index in [9.17, 15) is 9.59 Å². The summed E-state index contributed by atoms with van der Waals surface area (Å²) in [6.07, 6.45) is 0.650. The molecular formula is C24H31ClN2O4S. The van der Waals surface area contributed by atoms with E-state index in [0.29, 0.717) is 27.8 Å². The van der Waals surface area contributed by atoms with Crippen molar-refractivity contribution < 1.29 is 19.1 Å². The lowest BCUT2D eigenvalue weighted by Crippen LogP contribution is -2.55. The van der Waals surface area contributed by atoms with Crippen LogP contribution in [-0.2, 0) is 21.5 Å². The van der Waals surface area contributed by atoms with Gasteiger partial charge in [-0.2, -0.15) is 0 Å². The van der Waals surface area contributed by atoms with Crippen LogP contribution in [-0.4, -0.2) is 29.6 Å². The number of hydrogen-bond donors (Lipinski definition) is 2. The van der Waals surface area contributed by atoms with Gasteiger partial charge in [0.15, 0.2) is 5.60 Å². The van der Waals surface area contributed by atoms with Gasteiger partial charge in [0.1, 0.15) is 10.8 Å². The molecule has 0 spiro atoms. The molecular weight excluding hydrogens is 448 g/mol. The lowest BCUT2D eigenvalue weighted by molar-refractivity contribution is -0.128. The number of halogens is 1. The predicted molar refractivity (Wildman–Crippen MR) is 129 cm³/mol. The number of thiophene rings is 1. The number of carbonyl (C=O) groups is 2. The molecule has 8 heteroatoms. The van der Waals surface area contributed by atoms with Gasteiger partial charge in [-0.1, -0.05) is 11.6 Å². The SMILES string of the molecule is CCOC(=O)c1c(NC(=O)C(C)(C)Oc2ccc(Cl)cc2)sc2c1CC(C)(C)NC2(C)C. The Labute approximate surface area is 198 Å². The number of ether oxygens (including phenoxy) is 2. The van der Waals surface area contributed by atoms with Crippen molar-refractivity contribution in [1.29, 1.82) is 0 Å². The molecule has 0 aliphatic carbocycles. The Morgan fingerprint density at radius 3 is 2.41 bits per heavy atom. The lowest BCUT2D eigenvalue weighted by Gasteiger charge is -2.42. The molecule has 2 heterocycles. The van der Waals surface area contributed by atoms with Crippen LogP contribution in [0.4, 0.5) is 5.00 Å². The van der Waals surface area contributed by atoms with Crippen LogP contribution in [0.25, 0.3) is 0 Å². The summed E-state index contributed by atoms with van der Waals surface area (Å²) < 4.78 is 11.3. The van der Waals surface area contributed by atoms with E-state index < -0.39 is 11.6 Å². The van der Waals surface area contributed by atoms with Gasteiger partial charge in [-0.05, 0) is 84.7 Å². The molecule has 32 heavy (non-hydrogen) atoms. The third-order valence-electron chi connectivity index (χ3n) is 5.28. The van der Waals surface area contributed by atoms with Gasteiger partial charge >= 0.3 is 5.97 Å². The molecule has 0 unspecified atom stereocenters. The van der Waals surface area contributed by atoms with Crippen LogP contribution in [0.2, 0.25) is 5.02 Å². The van der Waals surface area contributed by atoms with Gasteiger partial charge in [-0.25, -0.2) is 4.79 Å². The van der Waals surface area contributed by atoms with Crippen LogP contribution in [0.1, 0.15) is 69.3 Å². The predicted octanol–water partition coefficient (Wildman–Crippen LogP) is 5.53. The second-order valence-electron chi connectivity index (χ2n) is 9.67. The second-order valence-corrected chi connectivity index (χ2v) is 11.1. The molecule has 1 aromatic heterocycles. The third kappa shape index (κ3) is 5.11. The van der Waals surface area contributed by atoms with E-state index in [4.69, 9.17) is 21.1 Å². The summed E-state index contributed by atoms with van der Waals surface area (Å²) >= 11 is 7.34. The molecule has 174 valence electrons. The number of amides is 1. The molecule has 1 aliphatic rings. The smallest absolute Gasteiger partial charge is 0.341 e. The minimum absolute atomic E-state index is 0.211. The van der Waals surface area contributed by atoms with Crippen molar-refractivity contribution in [2.75, 3.05) is 11.9 Å². The average molecular weight is 479 g/mol. The zero-order valence-corrected chi connectivity index (χ0v) is 21.2. The summed E-state index contributed by atoms with van der Waals surface area (Å²) in [5.41, 5.74) is -0.394. The summed E-state index contributed by atoms with van der Waals surface area (Å²) in [7, 11) is 0. The molecule has 1 amide bonds. The van der Waals surface area contributed by atoms with Crippen molar-refractivity contribution in [3.05, 3.63) is 45.3 Å². The lowest BCUT2D eigenvalue weighted by atomic mass is 9.81. The molecule has 0 radical (unpaired) electrons. The van der Waals surface area contributed by atoms with Crippen LogP contribution < -0.4 is 15.4 Å². The third-order valence-corrected chi connectivity index (χ3v) is 7.01. The highest BCUT2D eigenvalue weighted by molar-refractivity contribution is 7.17. The topological polar surface area (TPSA) is 76.7 Å². The Bertz CT molecular complexity index is 1030. The van der Waals surface area contributed by atoms with Gasteiger partial charge in [0, 0.05) is 21.0 Å². The Balaban J connectivity index is 1.96. The zero-order valence-electron chi connectivity index (χ0n) is 19.6. The second kappa shape index (κ2) is 8.69. The number of carbonyl (C=O) groups excluding carboxylic acids is 2. The van der Waals surface area contributed by atoms with Gasteiger partial charge in [0.25, 0.3) is 5.91 Å². The van der Waals surface area contributed by atoms with E-state index in [-0.39, 0.29) is 23.6 Å². The molecule has 2 N–H and O–H groups in total. The van der Waals surface area contributed by atoms with Gasteiger partial charge < -0.3 is 20.1 Å². The van der Waals surface area contributed by atoms with Gasteiger partial charge in [0.2, 0.25) is 0 Å². The number of anilines is 1. The van der Waals surface area contributed by atoms with Crippen LogP contribution in [0, 0.1) is 0 Å². The maximum Gasteiger partial charge on any atom is 0.341 e. The maximum absolute atomic E-state index is 13.2. The molecule has 0 saturated heterocycles. The number of hydrogen-bond acceptors (Lipinski definition) is 6. The van der Waals surface area contributed by atoms with E-state index >= 15 is 0 Å². The molecule has 1 aliphatic heterocycles. The number of fused-ring (bicyclic) bond motifs is 1. The van der Waals surface area contributed by atoms with Crippen LogP contribution in [0.15, 0.2) is 24.3 Å². The number of benzene rings is 1. The summed E-state index contributed by atoms with van der Waals surface area (Å²) in [5, 5.41) is 7.64. The highest BCUT2D eigenvalue weighted by Gasteiger charge is 2.43. The number of esters is 1. The fourth-order valence-electron chi connectivity index (χ4n) is 4.13. The molecule has 2 aromatic rings. The normalized spacial score (nSPS) is 16.8. The fraction of sp³-hybridized carbons (Fsp3) is 0.500. The standard InChI is InChI=1S/C24H31ClN2O4S/c1-8-30-20(28)17-16-13-22(2,3)27-23(4,5)18(16)32-19(17)26-21(29)24(6,7)31-15-11-9-14(25)10-12-15/h9-12,27H,8,13H2,1-7H3,(H,26,29). The zero-order chi connectivity index (χ0) is 23.9. The van der Waals surface area contributed by atoms with Gasteiger partial charge in [0.05, 0.1) is 12.2 Å². The van der Waals surface area contributed by atoms with E-state index in [1.807, 2.05) is 0 Å². The quantitative estimate of drug-likeness (QED) is 0.533. The molecule has 6 nitrogen and oxygen atoms in total. The Hall–Kier alpha value is -2.09. The summed E-state index contributed by atoms with van der Waals surface area (Å²) in [5.74, 6) is -0.260. The van der Waals surface area contributed by atoms with Crippen LogP contribution in [0.3, 0.4) is 0 Å². The Morgan fingerprint density at radius 2 is 1.81 bits per heavy atom. The summed E-state index contributed by atoms with van der Waals surface area (Å²) in [6.45, 7) is 13.8. The van der Waals surface area contributed by atoms with Crippen molar-refractivity contribution in [2.24, 2.45) is 0 Å². The highest BCUT2D eigenvalue weighted by Crippen LogP contribution is 2.45. The van der Waals surface area contributed by atoms with E-state index in [1.54, 1.807) is 45.0 Å². The first-order valence-corrected chi connectivity index (χ1v) is 11.8. The minimum atomic E-state index is -1.18. The Morgan fingerprint density at radius 1 is 1.19 bits per heavy atom. The van der Waals surface area contributed by atoms with Crippen LogP contribution in [0.5, 0.6) is 5.75 Å². The van der Waals surface area contributed by atoms with Crippen molar-refractivity contribution >= 4 is 39.8 Å². The largest absolute Gasteiger partial charge is 0.478 e. The first-order valence-electron chi connectivity index (χ1n) is 10.6. The molecule has 0 atom stereocenters. The van der Waals surface area contributed by atoms with Gasteiger partial charge in [-0.3, -0.25) is 4.79 Å². The minimum Gasteiger partial charge on any atom is -0.478 e. The van der Waals surface area contributed by atoms with E-state index in [1.165, 1.54) is 11.3 Å². The van der Waals surface area contributed by atoms with E-state index in [2.05, 4.69) is 38.3 Å². The van der Waals surface area contributed by atoms with Crippen molar-refractivity contribution in [1.82, 2.24) is 5.32 Å². The summed E-state index contributed by atoms with van der Waals surface area (Å²) in [6, 6.07) is 6.82. The Kier molecular flexibility index (Phi) is 6.67. The first kappa shape index (κ1) is 24.6. The fourth-order valence-corrected chi connectivity index (χ4v) is 5.52. The van der Waals surface area contributed by atoms with Crippen LogP contribution >= 0.6 is 22.9 Å². The number of rotatable bonds is 6. The van der Waals surface area contributed by atoms with E-state index in [0.717, 1.165) is 10.4 Å². The van der Waals surface area contributed by atoms with Crippen molar-refractivity contribution in [3.8, 4) is 5.75 Å². The maximum atomic E-state index is 13.2.